The molecule has 6 nitrogen and oxygen atoms in total. The fourth-order valence-corrected chi connectivity index (χ4v) is 3.04. The Kier molecular flexibility index (Phi) is 4.12. The zero-order valence-corrected chi connectivity index (χ0v) is 13.3. The first-order valence-electron chi connectivity index (χ1n) is 7.22. The number of nitro groups is 1. The zero-order valence-electron chi connectivity index (χ0n) is 12.5. The smallest absolute Gasteiger partial charge is 0.269 e. The van der Waals surface area contributed by atoms with E-state index in [4.69, 9.17) is 12.2 Å². The normalized spacial score (nSPS) is 20.2. The average molecular weight is 328 g/mol. The van der Waals surface area contributed by atoms with Gasteiger partial charge in [-0.2, -0.15) is 0 Å². The van der Waals surface area contributed by atoms with Crippen molar-refractivity contribution in [1.82, 2.24) is 10.3 Å². The Labute approximate surface area is 139 Å². The largest absolute Gasteiger partial charge is 0.356 e. The van der Waals surface area contributed by atoms with Gasteiger partial charge in [-0.3, -0.25) is 20.5 Å². The third kappa shape index (κ3) is 3.09. The maximum absolute atomic E-state index is 10.7. The van der Waals surface area contributed by atoms with Crippen molar-refractivity contribution < 1.29 is 4.92 Å². The number of benzene rings is 2. The molecule has 1 saturated heterocycles. The SMILES string of the molecule is CC1NC(=S)N(Nc2ccc([N+](=O)[O-])cc2)C1c1ccccc1. The Hall–Kier alpha value is -2.67. The summed E-state index contributed by atoms with van der Waals surface area (Å²) in [6, 6.07) is 16.5. The highest BCUT2D eigenvalue weighted by atomic mass is 32.1. The number of hydrogen-bond acceptors (Lipinski definition) is 4. The highest BCUT2D eigenvalue weighted by Gasteiger charge is 2.35. The van der Waals surface area contributed by atoms with E-state index in [0.717, 1.165) is 11.3 Å². The van der Waals surface area contributed by atoms with Gasteiger partial charge < -0.3 is 5.32 Å². The molecule has 118 valence electrons. The second kappa shape index (κ2) is 6.21. The molecule has 0 aromatic heterocycles. The van der Waals surface area contributed by atoms with Gasteiger partial charge in [0.05, 0.1) is 22.7 Å². The van der Waals surface area contributed by atoms with Crippen molar-refractivity contribution in [2.75, 3.05) is 5.43 Å². The summed E-state index contributed by atoms with van der Waals surface area (Å²) in [4.78, 5) is 10.3. The first-order chi connectivity index (χ1) is 11.1. The van der Waals surface area contributed by atoms with Crippen LogP contribution in [0.1, 0.15) is 18.5 Å². The zero-order chi connectivity index (χ0) is 16.4. The highest BCUT2D eigenvalue weighted by molar-refractivity contribution is 7.80. The third-order valence-corrected chi connectivity index (χ3v) is 4.11. The van der Waals surface area contributed by atoms with Crippen LogP contribution in [-0.2, 0) is 0 Å². The quantitative estimate of drug-likeness (QED) is 0.510. The second-order valence-corrected chi connectivity index (χ2v) is 5.77. The number of thiocarbonyl (C=S) groups is 1. The molecule has 3 rings (SSSR count). The lowest BCUT2D eigenvalue weighted by Gasteiger charge is -2.28. The standard InChI is InChI=1S/C16H16N4O2S/c1-11-15(12-5-3-2-4-6-12)19(16(23)17-11)18-13-7-9-14(10-8-13)20(21)22/h2-11,15,18H,1H3,(H,17,23). The Morgan fingerprint density at radius 1 is 1.17 bits per heavy atom. The van der Waals surface area contributed by atoms with E-state index in [0.29, 0.717) is 5.11 Å². The van der Waals surface area contributed by atoms with Gasteiger partial charge in [-0.05, 0) is 36.8 Å². The summed E-state index contributed by atoms with van der Waals surface area (Å²) in [7, 11) is 0. The number of non-ortho nitro benzene ring substituents is 1. The van der Waals surface area contributed by atoms with Crippen LogP contribution in [0, 0.1) is 10.1 Å². The maximum atomic E-state index is 10.7. The molecule has 0 aliphatic carbocycles. The summed E-state index contributed by atoms with van der Waals surface area (Å²) in [5.41, 5.74) is 5.19. The van der Waals surface area contributed by atoms with Crippen molar-refractivity contribution in [3.05, 3.63) is 70.3 Å². The van der Waals surface area contributed by atoms with Crippen LogP contribution in [0.2, 0.25) is 0 Å². The summed E-state index contributed by atoms with van der Waals surface area (Å²) in [5.74, 6) is 0. The molecule has 2 unspecified atom stereocenters. The van der Waals surface area contributed by atoms with Gasteiger partial charge in [0.1, 0.15) is 0 Å². The van der Waals surface area contributed by atoms with Gasteiger partial charge >= 0.3 is 0 Å². The molecular formula is C16H16N4O2S. The van der Waals surface area contributed by atoms with Crippen LogP contribution in [0.3, 0.4) is 0 Å². The van der Waals surface area contributed by atoms with E-state index in [2.05, 4.69) is 29.8 Å². The van der Waals surface area contributed by atoms with E-state index in [-0.39, 0.29) is 17.8 Å². The predicted octanol–water partition coefficient (Wildman–Crippen LogP) is 3.24. The Bertz CT molecular complexity index is 721. The molecule has 1 aliphatic rings. The topological polar surface area (TPSA) is 70.4 Å². The van der Waals surface area contributed by atoms with Gasteiger partial charge in [-0.25, -0.2) is 0 Å². The molecule has 1 heterocycles. The van der Waals surface area contributed by atoms with E-state index in [1.807, 2.05) is 23.2 Å². The fraction of sp³-hybridized carbons (Fsp3) is 0.188. The highest BCUT2D eigenvalue weighted by Crippen LogP contribution is 2.30. The minimum atomic E-state index is -0.416. The van der Waals surface area contributed by atoms with E-state index in [1.54, 1.807) is 12.1 Å². The lowest BCUT2D eigenvalue weighted by molar-refractivity contribution is -0.384. The van der Waals surface area contributed by atoms with Gasteiger partial charge in [-0.15, -0.1) is 0 Å². The van der Waals surface area contributed by atoms with Gasteiger partial charge in [0.15, 0.2) is 5.11 Å². The van der Waals surface area contributed by atoms with Crippen molar-refractivity contribution in [1.29, 1.82) is 0 Å². The number of anilines is 1. The lowest BCUT2D eigenvalue weighted by Crippen LogP contribution is -2.35. The van der Waals surface area contributed by atoms with Gasteiger partial charge in [-0.1, -0.05) is 30.3 Å². The molecule has 2 atom stereocenters. The Balaban J connectivity index is 1.84. The van der Waals surface area contributed by atoms with Crippen molar-refractivity contribution in [3.63, 3.8) is 0 Å². The minimum absolute atomic E-state index is 0.0406. The number of nitrogens with zero attached hydrogens (tertiary/aromatic N) is 2. The van der Waals surface area contributed by atoms with E-state index >= 15 is 0 Å². The minimum Gasteiger partial charge on any atom is -0.356 e. The second-order valence-electron chi connectivity index (χ2n) is 5.38. The van der Waals surface area contributed by atoms with E-state index in [9.17, 15) is 10.1 Å². The molecule has 2 aromatic carbocycles. The van der Waals surface area contributed by atoms with Crippen LogP contribution in [0.15, 0.2) is 54.6 Å². The average Bonchev–Trinajstić information content (AvgIpc) is 2.82. The third-order valence-electron chi connectivity index (χ3n) is 3.79. The predicted molar refractivity (Wildman–Crippen MR) is 92.9 cm³/mol. The monoisotopic (exact) mass is 328 g/mol. The van der Waals surface area contributed by atoms with Crippen molar-refractivity contribution in [2.45, 2.75) is 19.0 Å². The van der Waals surface area contributed by atoms with Crippen LogP contribution < -0.4 is 10.7 Å². The molecule has 0 bridgehead atoms. The van der Waals surface area contributed by atoms with Crippen molar-refractivity contribution in [3.8, 4) is 0 Å². The van der Waals surface area contributed by atoms with Gasteiger partial charge in [0.25, 0.3) is 5.69 Å². The number of rotatable bonds is 4. The first kappa shape index (κ1) is 15.2. The van der Waals surface area contributed by atoms with Crippen LogP contribution in [-0.4, -0.2) is 21.1 Å². The summed E-state index contributed by atoms with van der Waals surface area (Å²) in [6.45, 7) is 2.07. The fourth-order valence-electron chi connectivity index (χ4n) is 2.70. The molecule has 0 radical (unpaired) electrons. The van der Waals surface area contributed by atoms with E-state index < -0.39 is 4.92 Å². The molecule has 2 N–H and O–H groups in total. The molecule has 1 aliphatic heterocycles. The summed E-state index contributed by atoms with van der Waals surface area (Å²) in [6.07, 6.45) is 0. The summed E-state index contributed by atoms with van der Waals surface area (Å²) >= 11 is 5.41. The van der Waals surface area contributed by atoms with Crippen LogP contribution in [0.4, 0.5) is 11.4 Å². The molecule has 2 aromatic rings. The summed E-state index contributed by atoms with van der Waals surface area (Å²) < 4.78 is 0. The molecule has 23 heavy (non-hydrogen) atoms. The first-order valence-corrected chi connectivity index (χ1v) is 7.63. The number of hydrogen-bond donors (Lipinski definition) is 2. The molecule has 0 spiro atoms. The van der Waals surface area contributed by atoms with E-state index in [1.165, 1.54) is 12.1 Å². The molecule has 1 fully saturated rings. The summed E-state index contributed by atoms with van der Waals surface area (Å²) in [5, 5.41) is 16.5. The van der Waals surface area contributed by atoms with Gasteiger partial charge in [0.2, 0.25) is 0 Å². The molecule has 0 saturated carbocycles. The van der Waals surface area contributed by atoms with Crippen LogP contribution >= 0.6 is 12.2 Å². The molecular weight excluding hydrogens is 312 g/mol. The maximum Gasteiger partial charge on any atom is 0.269 e. The molecule has 0 amide bonds. The molecule has 7 heteroatoms. The van der Waals surface area contributed by atoms with Gasteiger partial charge in [0, 0.05) is 12.1 Å². The Morgan fingerprint density at radius 3 is 2.43 bits per heavy atom. The van der Waals surface area contributed by atoms with Crippen molar-refractivity contribution in [2.24, 2.45) is 0 Å². The number of nitrogens with one attached hydrogen (secondary N) is 2. The Morgan fingerprint density at radius 2 is 1.83 bits per heavy atom. The lowest BCUT2D eigenvalue weighted by atomic mass is 10.0. The number of hydrazine groups is 1. The van der Waals surface area contributed by atoms with Crippen LogP contribution in [0.5, 0.6) is 0 Å². The van der Waals surface area contributed by atoms with Crippen molar-refractivity contribution >= 4 is 28.7 Å². The number of nitro benzene ring substituents is 1. The van der Waals surface area contributed by atoms with Crippen LogP contribution in [0.25, 0.3) is 0 Å².